The van der Waals surface area contributed by atoms with Crippen molar-refractivity contribution >= 4 is 39.0 Å². The molecule has 26 heavy (non-hydrogen) atoms. The van der Waals surface area contributed by atoms with E-state index in [1.807, 2.05) is 32.0 Å². The highest BCUT2D eigenvalue weighted by atomic mass is 32.1. The maximum atomic E-state index is 13.3. The van der Waals surface area contributed by atoms with Crippen molar-refractivity contribution in [1.29, 1.82) is 0 Å². The Hall–Kier alpha value is -2.73. The van der Waals surface area contributed by atoms with Crippen LogP contribution in [0.25, 0.3) is 10.1 Å². The van der Waals surface area contributed by atoms with Gasteiger partial charge in [0.05, 0.1) is 0 Å². The van der Waals surface area contributed by atoms with Gasteiger partial charge in [0.25, 0.3) is 5.91 Å². The highest BCUT2D eigenvalue weighted by molar-refractivity contribution is 7.20. The molecule has 0 radical (unpaired) electrons. The Labute approximate surface area is 154 Å². The van der Waals surface area contributed by atoms with Crippen LogP contribution in [0.4, 0.5) is 10.1 Å². The first-order valence-corrected chi connectivity index (χ1v) is 8.94. The monoisotopic (exact) mass is 371 g/mol. The molecule has 0 fully saturated rings. The smallest absolute Gasteiger partial charge is 0.349 e. The Morgan fingerprint density at radius 3 is 2.50 bits per heavy atom. The molecule has 0 spiro atoms. The number of para-hydroxylation sites is 1. The maximum absolute atomic E-state index is 13.3. The van der Waals surface area contributed by atoms with Gasteiger partial charge in [0.1, 0.15) is 10.7 Å². The van der Waals surface area contributed by atoms with E-state index in [0.29, 0.717) is 10.3 Å². The van der Waals surface area contributed by atoms with Crippen LogP contribution < -0.4 is 5.32 Å². The van der Waals surface area contributed by atoms with Gasteiger partial charge in [0, 0.05) is 10.4 Å². The van der Waals surface area contributed by atoms with Gasteiger partial charge in [-0.15, -0.1) is 11.3 Å². The zero-order chi connectivity index (χ0) is 18.8. The Kier molecular flexibility index (Phi) is 5.04. The van der Waals surface area contributed by atoms with Crippen LogP contribution in [0.2, 0.25) is 0 Å². The van der Waals surface area contributed by atoms with Crippen molar-refractivity contribution in [3.8, 4) is 0 Å². The second-order valence-corrected chi connectivity index (χ2v) is 7.18. The third kappa shape index (κ3) is 3.75. The second kappa shape index (κ2) is 7.25. The summed E-state index contributed by atoms with van der Waals surface area (Å²) < 4.78 is 19.3. The third-order valence-electron chi connectivity index (χ3n) is 4.06. The van der Waals surface area contributed by atoms with Crippen LogP contribution >= 0.6 is 11.3 Å². The predicted molar refractivity (Wildman–Crippen MR) is 101 cm³/mol. The molecule has 0 unspecified atom stereocenters. The molecular formula is C20H18FNO3S. The summed E-state index contributed by atoms with van der Waals surface area (Å²) in [6.45, 7) is 5.32. The summed E-state index contributed by atoms with van der Waals surface area (Å²) in [6, 6.07) is 11.6. The van der Waals surface area contributed by atoms with Crippen molar-refractivity contribution in [3.05, 3.63) is 64.3 Å². The van der Waals surface area contributed by atoms with E-state index < -0.39 is 18.0 Å². The number of hydrogen-bond acceptors (Lipinski definition) is 4. The summed E-state index contributed by atoms with van der Waals surface area (Å²) >= 11 is 1.20. The van der Waals surface area contributed by atoms with E-state index in [1.165, 1.54) is 30.4 Å². The molecule has 1 aromatic heterocycles. The van der Waals surface area contributed by atoms with Crippen molar-refractivity contribution < 1.29 is 18.7 Å². The molecule has 4 nitrogen and oxygen atoms in total. The summed E-state index contributed by atoms with van der Waals surface area (Å²) in [7, 11) is 0. The molecule has 3 rings (SSSR count). The zero-order valence-corrected chi connectivity index (χ0v) is 15.4. The van der Waals surface area contributed by atoms with Gasteiger partial charge in [-0.1, -0.05) is 18.2 Å². The number of thiophene rings is 1. The van der Waals surface area contributed by atoms with E-state index in [0.717, 1.165) is 21.5 Å². The van der Waals surface area contributed by atoms with Crippen LogP contribution in [0, 0.1) is 19.7 Å². The van der Waals surface area contributed by atoms with Crippen LogP contribution in [-0.2, 0) is 9.53 Å². The Morgan fingerprint density at radius 2 is 1.81 bits per heavy atom. The lowest BCUT2D eigenvalue weighted by molar-refractivity contribution is -0.123. The number of esters is 1. The number of aryl methyl sites for hydroxylation is 2. The summed E-state index contributed by atoms with van der Waals surface area (Å²) in [6.07, 6.45) is -0.955. The molecule has 1 N–H and O–H groups in total. The summed E-state index contributed by atoms with van der Waals surface area (Å²) in [5, 5.41) is 3.44. The molecule has 1 amide bonds. The SMILES string of the molecule is Cc1cccc(C)c1NC(=O)[C@@H](C)OC(=O)c1cc2cc(F)ccc2s1. The minimum Gasteiger partial charge on any atom is -0.448 e. The number of amides is 1. The minimum atomic E-state index is -0.955. The van der Waals surface area contributed by atoms with E-state index in [-0.39, 0.29) is 5.82 Å². The summed E-state index contributed by atoms with van der Waals surface area (Å²) in [5.41, 5.74) is 2.59. The number of ether oxygens (including phenoxy) is 1. The Bertz CT molecular complexity index is 976. The molecule has 3 aromatic rings. The number of rotatable bonds is 4. The lowest BCUT2D eigenvalue weighted by atomic mass is 10.1. The number of anilines is 1. The molecule has 134 valence electrons. The van der Waals surface area contributed by atoms with Crippen molar-refractivity contribution in [2.24, 2.45) is 0 Å². The van der Waals surface area contributed by atoms with E-state index >= 15 is 0 Å². The van der Waals surface area contributed by atoms with Gasteiger partial charge in [-0.3, -0.25) is 4.79 Å². The zero-order valence-electron chi connectivity index (χ0n) is 14.6. The first kappa shape index (κ1) is 18.1. The standard InChI is InChI=1S/C20H18FNO3S/c1-11-5-4-6-12(2)18(11)22-19(23)13(3)25-20(24)17-10-14-9-15(21)7-8-16(14)26-17/h4-10,13H,1-3H3,(H,22,23)/t13-/m1/s1. The Balaban J connectivity index is 1.70. The molecule has 0 bridgehead atoms. The summed E-state index contributed by atoms with van der Waals surface area (Å²) in [5.74, 6) is -1.37. The van der Waals surface area contributed by atoms with E-state index in [4.69, 9.17) is 4.74 Å². The van der Waals surface area contributed by atoms with E-state index in [2.05, 4.69) is 5.32 Å². The van der Waals surface area contributed by atoms with Crippen molar-refractivity contribution in [1.82, 2.24) is 0 Å². The molecule has 0 aliphatic heterocycles. The lowest BCUT2D eigenvalue weighted by Gasteiger charge is -2.15. The molecule has 0 aliphatic rings. The van der Waals surface area contributed by atoms with Crippen LogP contribution in [0.1, 0.15) is 27.7 Å². The van der Waals surface area contributed by atoms with Crippen LogP contribution in [0.5, 0.6) is 0 Å². The predicted octanol–water partition coefficient (Wildman–Crippen LogP) is 4.84. The normalized spacial score (nSPS) is 12.0. The number of nitrogens with one attached hydrogen (secondary N) is 1. The largest absolute Gasteiger partial charge is 0.448 e. The first-order valence-electron chi connectivity index (χ1n) is 8.12. The quantitative estimate of drug-likeness (QED) is 0.668. The molecule has 2 aromatic carbocycles. The fourth-order valence-corrected chi connectivity index (χ4v) is 3.55. The van der Waals surface area contributed by atoms with Gasteiger partial charge >= 0.3 is 5.97 Å². The highest BCUT2D eigenvalue weighted by Crippen LogP contribution is 2.27. The number of halogens is 1. The highest BCUT2D eigenvalue weighted by Gasteiger charge is 2.21. The van der Waals surface area contributed by atoms with Crippen molar-refractivity contribution in [2.45, 2.75) is 26.9 Å². The molecular weight excluding hydrogens is 353 g/mol. The third-order valence-corrected chi connectivity index (χ3v) is 5.16. The molecule has 0 saturated carbocycles. The number of fused-ring (bicyclic) bond motifs is 1. The lowest BCUT2D eigenvalue weighted by Crippen LogP contribution is -2.30. The van der Waals surface area contributed by atoms with Crippen LogP contribution in [0.15, 0.2) is 42.5 Å². The topological polar surface area (TPSA) is 55.4 Å². The molecule has 1 heterocycles. The van der Waals surface area contributed by atoms with Gasteiger partial charge < -0.3 is 10.1 Å². The molecule has 1 atom stereocenters. The molecule has 0 saturated heterocycles. The Morgan fingerprint density at radius 1 is 1.12 bits per heavy atom. The maximum Gasteiger partial charge on any atom is 0.349 e. The minimum absolute atomic E-state index is 0.331. The number of carbonyl (C=O) groups excluding carboxylic acids is 2. The van der Waals surface area contributed by atoms with Gasteiger partial charge in [0.15, 0.2) is 6.10 Å². The first-order chi connectivity index (χ1) is 12.3. The average Bonchev–Trinajstić information content (AvgIpc) is 3.01. The van der Waals surface area contributed by atoms with E-state index in [9.17, 15) is 14.0 Å². The van der Waals surface area contributed by atoms with Gasteiger partial charge in [-0.05, 0) is 61.5 Å². The fourth-order valence-electron chi connectivity index (χ4n) is 2.62. The number of carbonyl (C=O) groups is 2. The average molecular weight is 371 g/mol. The van der Waals surface area contributed by atoms with E-state index in [1.54, 1.807) is 12.1 Å². The van der Waals surface area contributed by atoms with Crippen molar-refractivity contribution in [2.75, 3.05) is 5.32 Å². The summed E-state index contributed by atoms with van der Waals surface area (Å²) in [4.78, 5) is 25.0. The van der Waals surface area contributed by atoms with Crippen LogP contribution in [-0.4, -0.2) is 18.0 Å². The van der Waals surface area contributed by atoms with Gasteiger partial charge in [-0.2, -0.15) is 0 Å². The van der Waals surface area contributed by atoms with Crippen molar-refractivity contribution in [3.63, 3.8) is 0 Å². The number of benzene rings is 2. The van der Waals surface area contributed by atoms with Gasteiger partial charge in [-0.25, -0.2) is 9.18 Å². The second-order valence-electron chi connectivity index (χ2n) is 6.10. The fraction of sp³-hybridized carbons (Fsp3) is 0.200. The molecule has 0 aliphatic carbocycles. The molecule has 6 heteroatoms. The van der Waals surface area contributed by atoms with Crippen LogP contribution in [0.3, 0.4) is 0 Å². The number of hydrogen-bond donors (Lipinski definition) is 1. The van der Waals surface area contributed by atoms with Gasteiger partial charge in [0.2, 0.25) is 0 Å².